The van der Waals surface area contributed by atoms with Gasteiger partial charge in [-0.2, -0.15) is 0 Å². The Balaban J connectivity index is 2.67. The molecule has 0 aliphatic carbocycles. The van der Waals surface area contributed by atoms with Gasteiger partial charge in [0.25, 0.3) is 11.9 Å². The third-order valence-corrected chi connectivity index (χ3v) is 2.17. The van der Waals surface area contributed by atoms with Gasteiger partial charge in [0.15, 0.2) is 5.76 Å². The van der Waals surface area contributed by atoms with Gasteiger partial charge in [-0.15, -0.1) is 0 Å². The molecule has 94 valence electrons. The van der Waals surface area contributed by atoms with Crippen molar-refractivity contribution in [1.82, 2.24) is 5.32 Å². The Hall–Kier alpha value is -1.78. The third kappa shape index (κ3) is 4.30. The van der Waals surface area contributed by atoms with Crippen LogP contribution >= 0.6 is 0 Å². The lowest BCUT2D eigenvalue weighted by molar-refractivity contribution is 0.0938. The molecule has 1 aromatic rings. The van der Waals surface area contributed by atoms with E-state index in [1.54, 1.807) is 12.1 Å². The van der Waals surface area contributed by atoms with E-state index in [4.69, 9.17) is 9.15 Å². The van der Waals surface area contributed by atoms with Gasteiger partial charge in [0.1, 0.15) is 0 Å². The number of carbonyl (C=O) groups excluding carboxylic acids is 1. The molecule has 1 aromatic heterocycles. The average Bonchev–Trinajstić information content (AvgIpc) is 2.82. The van der Waals surface area contributed by atoms with E-state index in [-0.39, 0.29) is 23.7 Å². The molecule has 0 saturated carbocycles. The maximum atomic E-state index is 11.7. The summed E-state index contributed by atoms with van der Waals surface area (Å²) in [4.78, 5) is 16.0. The molecule has 1 N–H and O–H groups in total. The topological polar surface area (TPSA) is 63.8 Å². The summed E-state index contributed by atoms with van der Waals surface area (Å²) in [6.07, 6.45) is 2.33. The Morgan fingerprint density at radius 3 is 2.88 bits per heavy atom. The highest BCUT2D eigenvalue weighted by molar-refractivity contribution is 6.02. The first-order chi connectivity index (χ1) is 8.17. The Morgan fingerprint density at radius 1 is 1.59 bits per heavy atom. The minimum Gasteiger partial charge on any atom is -0.465 e. The molecular weight excluding hydrogens is 220 g/mol. The van der Waals surface area contributed by atoms with Crippen molar-refractivity contribution in [2.24, 2.45) is 4.99 Å². The molecule has 0 spiro atoms. The highest BCUT2D eigenvalue weighted by atomic mass is 16.5. The number of hydrogen-bond acceptors (Lipinski definition) is 4. The maximum Gasteiger partial charge on any atom is 0.294 e. The van der Waals surface area contributed by atoms with E-state index in [9.17, 15) is 4.79 Å². The zero-order chi connectivity index (χ0) is 12.7. The first-order valence-electron chi connectivity index (χ1n) is 5.72. The van der Waals surface area contributed by atoms with Gasteiger partial charge in [-0.05, 0) is 32.4 Å². The summed E-state index contributed by atoms with van der Waals surface area (Å²) < 4.78 is 10.2. The van der Waals surface area contributed by atoms with Crippen LogP contribution in [0, 0.1) is 0 Å². The summed E-state index contributed by atoms with van der Waals surface area (Å²) >= 11 is 0. The molecule has 1 heterocycles. The molecule has 0 radical (unpaired) electrons. The van der Waals surface area contributed by atoms with Crippen LogP contribution in [0.15, 0.2) is 27.8 Å². The van der Waals surface area contributed by atoms with Gasteiger partial charge in [0.05, 0.1) is 18.9 Å². The number of ether oxygens (including phenoxy) is 1. The molecule has 0 saturated heterocycles. The molecule has 0 unspecified atom stereocenters. The van der Waals surface area contributed by atoms with Crippen molar-refractivity contribution in [3.63, 3.8) is 0 Å². The standard InChI is InChI=1S/C12H18N2O3/c1-4-9(3)13-12(16-5-2)14-11(15)10-7-6-8-17-10/h6-9H,4-5H2,1-3H3,(H,13,14,15)/t9-/m1/s1. The minimum absolute atomic E-state index is 0.105. The first kappa shape index (κ1) is 13.3. The summed E-state index contributed by atoms with van der Waals surface area (Å²) in [5.41, 5.74) is 0. The molecule has 17 heavy (non-hydrogen) atoms. The summed E-state index contributed by atoms with van der Waals surface area (Å²) in [7, 11) is 0. The van der Waals surface area contributed by atoms with Gasteiger partial charge in [-0.3, -0.25) is 10.1 Å². The molecule has 0 aliphatic heterocycles. The number of aliphatic imine (C=N–C) groups is 1. The number of amidine groups is 1. The molecule has 1 rings (SSSR count). The predicted octanol–water partition coefficient (Wildman–Crippen LogP) is 2.20. The van der Waals surface area contributed by atoms with E-state index < -0.39 is 0 Å². The van der Waals surface area contributed by atoms with E-state index in [0.29, 0.717) is 6.61 Å². The predicted molar refractivity (Wildman–Crippen MR) is 65.0 cm³/mol. The fraction of sp³-hybridized carbons (Fsp3) is 0.500. The zero-order valence-corrected chi connectivity index (χ0v) is 10.4. The van der Waals surface area contributed by atoms with Crippen LogP contribution in [0.3, 0.4) is 0 Å². The Labute approximate surface area is 101 Å². The highest BCUT2D eigenvalue weighted by Crippen LogP contribution is 2.01. The maximum absolute atomic E-state index is 11.7. The van der Waals surface area contributed by atoms with Crippen molar-refractivity contribution in [3.05, 3.63) is 24.2 Å². The molecule has 0 aliphatic rings. The monoisotopic (exact) mass is 238 g/mol. The van der Waals surface area contributed by atoms with Crippen molar-refractivity contribution < 1.29 is 13.9 Å². The SMILES string of the molecule is CCOC(=N[C@H](C)CC)NC(=O)c1ccco1. The Kier molecular flexibility index (Phi) is 5.26. The lowest BCUT2D eigenvalue weighted by atomic mass is 10.3. The van der Waals surface area contributed by atoms with Crippen molar-refractivity contribution in [2.75, 3.05) is 6.61 Å². The normalized spacial score (nSPS) is 13.2. The molecule has 5 heteroatoms. The second-order valence-corrected chi connectivity index (χ2v) is 3.56. The molecule has 5 nitrogen and oxygen atoms in total. The first-order valence-corrected chi connectivity index (χ1v) is 5.72. The number of amides is 1. The quantitative estimate of drug-likeness (QED) is 0.646. The van der Waals surface area contributed by atoms with Crippen LogP contribution in [0.4, 0.5) is 0 Å². The molecule has 1 atom stereocenters. The molecule has 1 amide bonds. The third-order valence-electron chi connectivity index (χ3n) is 2.17. The van der Waals surface area contributed by atoms with Gasteiger partial charge in [0.2, 0.25) is 0 Å². The van der Waals surface area contributed by atoms with Crippen LogP contribution in [0.2, 0.25) is 0 Å². The molecule has 0 fully saturated rings. The number of hydrogen-bond donors (Lipinski definition) is 1. The molecule has 0 aromatic carbocycles. The number of carbonyl (C=O) groups is 1. The summed E-state index contributed by atoms with van der Waals surface area (Å²) in [6.45, 7) is 6.27. The van der Waals surface area contributed by atoms with Gasteiger partial charge in [-0.25, -0.2) is 4.99 Å². The van der Waals surface area contributed by atoms with Gasteiger partial charge < -0.3 is 9.15 Å². The highest BCUT2D eigenvalue weighted by Gasteiger charge is 2.12. The van der Waals surface area contributed by atoms with Gasteiger partial charge in [0, 0.05) is 0 Å². The van der Waals surface area contributed by atoms with Crippen molar-refractivity contribution in [3.8, 4) is 0 Å². The Bertz CT molecular complexity index is 371. The van der Waals surface area contributed by atoms with E-state index in [0.717, 1.165) is 6.42 Å². The minimum atomic E-state index is -0.356. The van der Waals surface area contributed by atoms with Crippen molar-refractivity contribution in [1.29, 1.82) is 0 Å². The van der Waals surface area contributed by atoms with Crippen LogP contribution in [-0.2, 0) is 4.74 Å². The van der Waals surface area contributed by atoms with Crippen LogP contribution in [-0.4, -0.2) is 24.6 Å². The summed E-state index contributed by atoms with van der Waals surface area (Å²) in [5, 5.41) is 2.58. The number of rotatable bonds is 4. The smallest absolute Gasteiger partial charge is 0.294 e. The second kappa shape index (κ2) is 6.73. The average molecular weight is 238 g/mol. The summed E-state index contributed by atoms with van der Waals surface area (Å²) in [5.74, 6) is -0.118. The van der Waals surface area contributed by atoms with E-state index in [1.165, 1.54) is 6.26 Å². The van der Waals surface area contributed by atoms with Crippen LogP contribution < -0.4 is 5.32 Å². The summed E-state index contributed by atoms with van der Waals surface area (Å²) in [6, 6.07) is 3.58. The van der Waals surface area contributed by atoms with Gasteiger partial charge >= 0.3 is 0 Å². The molecule has 0 bridgehead atoms. The lowest BCUT2D eigenvalue weighted by Crippen LogP contribution is -2.33. The van der Waals surface area contributed by atoms with E-state index in [1.807, 2.05) is 20.8 Å². The number of furan rings is 1. The van der Waals surface area contributed by atoms with E-state index >= 15 is 0 Å². The van der Waals surface area contributed by atoms with Crippen LogP contribution in [0.1, 0.15) is 37.7 Å². The lowest BCUT2D eigenvalue weighted by Gasteiger charge is -2.10. The molecular formula is C12H18N2O3. The van der Waals surface area contributed by atoms with Crippen molar-refractivity contribution >= 4 is 11.9 Å². The largest absolute Gasteiger partial charge is 0.465 e. The van der Waals surface area contributed by atoms with Gasteiger partial charge in [-0.1, -0.05) is 6.92 Å². The zero-order valence-electron chi connectivity index (χ0n) is 10.4. The van der Waals surface area contributed by atoms with E-state index in [2.05, 4.69) is 10.3 Å². The number of nitrogens with one attached hydrogen (secondary N) is 1. The van der Waals surface area contributed by atoms with Crippen LogP contribution in [0.25, 0.3) is 0 Å². The fourth-order valence-corrected chi connectivity index (χ4v) is 1.10. The van der Waals surface area contributed by atoms with Crippen molar-refractivity contribution in [2.45, 2.75) is 33.2 Å². The number of nitrogens with zero attached hydrogens (tertiary/aromatic N) is 1. The van der Waals surface area contributed by atoms with Crippen LogP contribution in [0.5, 0.6) is 0 Å². The second-order valence-electron chi connectivity index (χ2n) is 3.56. The fourth-order valence-electron chi connectivity index (χ4n) is 1.10. The Morgan fingerprint density at radius 2 is 2.35 bits per heavy atom.